The first-order chi connectivity index (χ1) is 12.5. The number of amides is 1. The standard InChI is InChI=1S/C21H27N3O2/c1-15-9-10-16(2)18(13-15)19-11-12-21(26)24(23-19)14-20(25)22-17-7-5-3-4-6-8-17/h9-13,17H,3-8,14H2,1-2H3,(H,22,25). The van der Waals surface area contributed by atoms with E-state index in [4.69, 9.17) is 0 Å². The molecule has 0 unspecified atom stereocenters. The molecule has 0 spiro atoms. The van der Waals surface area contributed by atoms with Crippen molar-refractivity contribution in [1.29, 1.82) is 0 Å². The van der Waals surface area contributed by atoms with E-state index in [0.717, 1.165) is 42.4 Å². The molecule has 1 aromatic heterocycles. The molecule has 2 aromatic rings. The van der Waals surface area contributed by atoms with E-state index in [1.807, 2.05) is 19.9 Å². The summed E-state index contributed by atoms with van der Waals surface area (Å²) in [4.78, 5) is 24.6. The fraction of sp³-hybridized carbons (Fsp3) is 0.476. The van der Waals surface area contributed by atoms with Crippen molar-refractivity contribution in [3.8, 4) is 11.3 Å². The number of rotatable bonds is 4. The molecule has 0 radical (unpaired) electrons. The van der Waals surface area contributed by atoms with Crippen molar-refractivity contribution in [1.82, 2.24) is 15.1 Å². The fourth-order valence-corrected chi connectivity index (χ4v) is 3.55. The lowest BCUT2D eigenvalue weighted by Gasteiger charge is -2.16. The van der Waals surface area contributed by atoms with Gasteiger partial charge in [-0.1, -0.05) is 43.4 Å². The van der Waals surface area contributed by atoms with Gasteiger partial charge in [-0.15, -0.1) is 0 Å². The molecule has 26 heavy (non-hydrogen) atoms. The Kier molecular flexibility index (Phi) is 5.86. The summed E-state index contributed by atoms with van der Waals surface area (Å²) in [5, 5.41) is 7.52. The zero-order valence-corrected chi connectivity index (χ0v) is 15.6. The summed E-state index contributed by atoms with van der Waals surface area (Å²) in [6, 6.07) is 9.59. The molecular weight excluding hydrogens is 326 g/mol. The van der Waals surface area contributed by atoms with Crippen molar-refractivity contribution < 1.29 is 4.79 Å². The normalized spacial score (nSPS) is 15.5. The minimum atomic E-state index is -0.255. The SMILES string of the molecule is Cc1ccc(C)c(-c2ccc(=O)n(CC(=O)NC3CCCCCC3)n2)c1. The van der Waals surface area contributed by atoms with Crippen LogP contribution in [0.1, 0.15) is 49.7 Å². The number of aromatic nitrogens is 2. The second kappa shape index (κ2) is 8.30. The predicted molar refractivity (Wildman–Crippen MR) is 103 cm³/mol. The van der Waals surface area contributed by atoms with Gasteiger partial charge in [0.05, 0.1) is 5.69 Å². The first-order valence-electron chi connectivity index (χ1n) is 9.48. The summed E-state index contributed by atoms with van der Waals surface area (Å²) in [5.41, 5.74) is 3.68. The maximum atomic E-state index is 12.4. The van der Waals surface area contributed by atoms with Gasteiger partial charge in [-0.05, 0) is 44.4 Å². The second-order valence-electron chi connectivity index (χ2n) is 7.29. The summed E-state index contributed by atoms with van der Waals surface area (Å²) in [6.07, 6.45) is 6.85. The van der Waals surface area contributed by atoms with Gasteiger partial charge in [0.1, 0.15) is 6.54 Å². The molecule has 1 aliphatic carbocycles. The molecule has 1 saturated carbocycles. The van der Waals surface area contributed by atoms with E-state index in [1.165, 1.54) is 23.6 Å². The molecule has 0 bridgehead atoms. The van der Waals surface area contributed by atoms with Gasteiger partial charge >= 0.3 is 0 Å². The van der Waals surface area contributed by atoms with Crippen molar-refractivity contribution in [2.24, 2.45) is 0 Å². The Balaban J connectivity index is 1.76. The molecule has 1 amide bonds. The largest absolute Gasteiger partial charge is 0.352 e. The number of hydrogen-bond acceptors (Lipinski definition) is 3. The van der Waals surface area contributed by atoms with Crippen molar-refractivity contribution in [2.75, 3.05) is 0 Å². The molecule has 5 heteroatoms. The number of carbonyl (C=O) groups is 1. The van der Waals surface area contributed by atoms with Crippen LogP contribution in [0.3, 0.4) is 0 Å². The van der Waals surface area contributed by atoms with Gasteiger partial charge in [0.25, 0.3) is 5.56 Å². The van der Waals surface area contributed by atoms with E-state index >= 15 is 0 Å². The number of aryl methyl sites for hydroxylation is 2. The highest BCUT2D eigenvalue weighted by Crippen LogP contribution is 2.21. The van der Waals surface area contributed by atoms with Crippen LogP contribution in [0, 0.1) is 13.8 Å². The van der Waals surface area contributed by atoms with Crippen LogP contribution in [0.4, 0.5) is 0 Å². The van der Waals surface area contributed by atoms with E-state index in [0.29, 0.717) is 5.69 Å². The van der Waals surface area contributed by atoms with Crippen LogP contribution in [-0.4, -0.2) is 21.7 Å². The molecular formula is C21H27N3O2. The number of carbonyl (C=O) groups excluding carboxylic acids is 1. The van der Waals surface area contributed by atoms with Gasteiger partial charge in [-0.3, -0.25) is 9.59 Å². The monoisotopic (exact) mass is 353 g/mol. The molecule has 1 aromatic carbocycles. The number of benzene rings is 1. The summed E-state index contributed by atoms with van der Waals surface area (Å²) < 4.78 is 1.27. The molecule has 5 nitrogen and oxygen atoms in total. The van der Waals surface area contributed by atoms with Crippen LogP contribution in [0.25, 0.3) is 11.3 Å². The third kappa shape index (κ3) is 4.59. The zero-order chi connectivity index (χ0) is 18.5. The average Bonchev–Trinajstić information content (AvgIpc) is 2.87. The maximum Gasteiger partial charge on any atom is 0.267 e. The molecule has 1 heterocycles. The van der Waals surface area contributed by atoms with E-state index in [2.05, 4.69) is 22.5 Å². The third-order valence-electron chi connectivity index (χ3n) is 5.05. The Hall–Kier alpha value is -2.43. The van der Waals surface area contributed by atoms with Crippen molar-refractivity contribution in [3.63, 3.8) is 0 Å². The molecule has 1 aliphatic rings. The summed E-state index contributed by atoms with van der Waals surface area (Å²) >= 11 is 0. The van der Waals surface area contributed by atoms with E-state index in [-0.39, 0.29) is 24.1 Å². The first-order valence-corrected chi connectivity index (χ1v) is 9.48. The smallest absolute Gasteiger partial charge is 0.267 e. The van der Waals surface area contributed by atoms with Crippen LogP contribution in [0.2, 0.25) is 0 Å². The van der Waals surface area contributed by atoms with E-state index in [1.54, 1.807) is 6.07 Å². The molecule has 0 aliphatic heterocycles. The lowest BCUT2D eigenvalue weighted by atomic mass is 10.0. The first kappa shape index (κ1) is 18.4. The lowest BCUT2D eigenvalue weighted by molar-refractivity contribution is -0.122. The van der Waals surface area contributed by atoms with Gasteiger partial charge in [-0.25, -0.2) is 4.68 Å². The Labute approximate surface area is 154 Å². The van der Waals surface area contributed by atoms with Gasteiger partial charge in [0.2, 0.25) is 5.91 Å². The number of nitrogens with one attached hydrogen (secondary N) is 1. The number of nitrogens with zero attached hydrogens (tertiary/aromatic N) is 2. The summed E-state index contributed by atoms with van der Waals surface area (Å²) in [7, 11) is 0. The lowest BCUT2D eigenvalue weighted by Crippen LogP contribution is -2.39. The van der Waals surface area contributed by atoms with Crippen molar-refractivity contribution in [2.45, 2.75) is 65.0 Å². The van der Waals surface area contributed by atoms with Crippen LogP contribution in [-0.2, 0) is 11.3 Å². The summed E-state index contributed by atoms with van der Waals surface area (Å²) in [5.74, 6) is -0.135. The minimum Gasteiger partial charge on any atom is -0.352 e. The van der Waals surface area contributed by atoms with Crippen LogP contribution >= 0.6 is 0 Å². The molecule has 1 fully saturated rings. The van der Waals surface area contributed by atoms with Crippen LogP contribution in [0.5, 0.6) is 0 Å². The minimum absolute atomic E-state index is 0.0337. The highest BCUT2D eigenvalue weighted by Gasteiger charge is 2.16. The fourth-order valence-electron chi connectivity index (χ4n) is 3.55. The Bertz CT molecular complexity index is 833. The Morgan fingerprint density at radius 3 is 2.58 bits per heavy atom. The van der Waals surface area contributed by atoms with Gasteiger partial charge in [0.15, 0.2) is 0 Å². The molecule has 1 N–H and O–H groups in total. The zero-order valence-electron chi connectivity index (χ0n) is 15.6. The maximum absolute atomic E-state index is 12.4. The molecule has 138 valence electrons. The average molecular weight is 353 g/mol. The van der Waals surface area contributed by atoms with E-state index in [9.17, 15) is 9.59 Å². The second-order valence-corrected chi connectivity index (χ2v) is 7.29. The van der Waals surface area contributed by atoms with Gasteiger partial charge in [0, 0.05) is 17.7 Å². The van der Waals surface area contributed by atoms with Gasteiger partial charge < -0.3 is 5.32 Å². The topological polar surface area (TPSA) is 64.0 Å². The number of hydrogen-bond donors (Lipinski definition) is 1. The molecule has 3 rings (SSSR count). The van der Waals surface area contributed by atoms with Crippen molar-refractivity contribution in [3.05, 3.63) is 51.8 Å². The predicted octanol–water partition coefficient (Wildman–Crippen LogP) is 3.37. The van der Waals surface area contributed by atoms with E-state index < -0.39 is 0 Å². The Morgan fingerprint density at radius 1 is 1.12 bits per heavy atom. The summed E-state index contributed by atoms with van der Waals surface area (Å²) in [6.45, 7) is 4.01. The van der Waals surface area contributed by atoms with Gasteiger partial charge in [-0.2, -0.15) is 5.10 Å². The highest BCUT2D eigenvalue weighted by molar-refractivity contribution is 5.76. The quantitative estimate of drug-likeness (QED) is 0.857. The Morgan fingerprint density at radius 2 is 1.85 bits per heavy atom. The van der Waals surface area contributed by atoms with Crippen LogP contribution < -0.4 is 10.9 Å². The molecule has 0 saturated heterocycles. The molecule has 0 atom stereocenters. The third-order valence-corrected chi connectivity index (χ3v) is 5.05. The van der Waals surface area contributed by atoms with Crippen molar-refractivity contribution >= 4 is 5.91 Å². The highest BCUT2D eigenvalue weighted by atomic mass is 16.2. The van der Waals surface area contributed by atoms with Crippen LogP contribution in [0.15, 0.2) is 35.1 Å².